The van der Waals surface area contributed by atoms with Gasteiger partial charge < -0.3 is 20.7 Å². The molecular weight excluding hydrogens is 256 g/mol. The van der Waals surface area contributed by atoms with E-state index in [0.29, 0.717) is 0 Å². The highest BCUT2D eigenvalue weighted by Crippen LogP contribution is 2.31. The highest BCUT2D eigenvalue weighted by Gasteiger charge is 2.25. The van der Waals surface area contributed by atoms with E-state index in [0.717, 1.165) is 6.07 Å². The molecule has 1 rings (SSSR count). The largest absolute Gasteiger partial charge is 0.496 e. The fourth-order valence-corrected chi connectivity index (χ4v) is 1.59. The molecule has 4 N–H and O–H groups in total. The summed E-state index contributed by atoms with van der Waals surface area (Å²) in [6.45, 7) is 0. The van der Waals surface area contributed by atoms with Gasteiger partial charge in [0.05, 0.1) is 24.6 Å². The van der Waals surface area contributed by atoms with Crippen molar-refractivity contribution >= 4 is 11.6 Å². The number of nitro groups is 1. The number of carbonyl (C=O) groups excluding carboxylic acids is 1. The van der Waals surface area contributed by atoms with Crippen LogP contribution in [0.15, 0.2) is 18.2 Å². The van der Waals surface area contributed by atoms with Gasteiger partial charge in [0, 0.05) is 17.7 Å². The number of hydrogen-bond donors (Lipinski definition) is 3. The zero-order valence-corrected chi connectivity index (χ0v) is 10.1. The highest BCUT2D eigenvalue weighted by molar-refractivity contribution is 5.74. The molecule has 0 spiro atoms. The first-order chi connectivity index (χ1) is 8.86. The van der Waals surface area contributed by atoms with Crippen molar-refractivity contribution in [2.75, 3.05) is 7.11 Å². The Kier molecular flexibility index (Phi) is 4.79. The second-order valence-corrected chi connectivity index (χ2v) is 3.87. The molecule has 2 atom stereocenters. The number of nitrogens with zero attached hydrogens (tertiary/aromatic N) is 1. The third kappa shape index (κ3) is 3.63. The van der Waals surface area contributed by atoms with Crippen molar-refractivity contribution in [2.24, 2.45) is 5.73 Å². The van der Waals surface area contributed by atoms with E-state index >= 15 is 0 Å². The predicted molar refractivity (Wildman–Crippen MR) is 64.4 cm³/mol. The van der Waals surface area contributed by atoms with Crippen molar-refractivity contribution in [1.82, 2.24) is 0 Å². The fraction of sp³-hybridized carbons (Fsp3) is 0.364. The molecule has 8 nitrogen and oxygen atoms in total. The normalized spacial score (nSPS) is 13.6. The van der Waals surface area contributed by atoms with Crippen LogP contribution in [0.1, 0.15) is 18.1 Å². The van der Waals surface area contributed by atoms with E-state index in [9.17, 15) is 25.1 Å². The molecule has 1 amide bonds. The smallest absolute Gasteiger partial charge is 0.270 e. The van der Waals surface area contributed by atoms with Crippen molar-refractivity contribution < 1.29 is 24.7 Å². The Hall–Kier alpha value is -2.19. The molecule has 0 saturated heterocycles. The van der Waals surface area contributed by atoms with Crippen molar-refractivity contribution in [2.45, 2.75) is 18.6 Å². The van der Waals surface area contributed by atoms with Crippen LogP contribution in [0.4, 0.5) is 5.69 Å². The van der Waals surface area contributed by atoms with Gasteiger partial charge in [-0.25, -0.2) is 0 Å². The standard InChI is InChI=1S/C11H14N2O6/c1-19-9-3-2-6(13(17)18)4-7(9)11(16)8(14)5-10(12)15/h2-4,8,11,14,16H,5H2,1H3,(H2,12,15). The van der Waals surface area contributed by atoms with Gasteiger partial charge in [-0.15, -0.1) is 0 Å². The zero-order valence-electron chi connectivity index (χ0n) is 10.1. The molecule has 104 valence electrons. The number of nitro benzene ring substituents is 1. The summed E-state index contributed by atoms with van der Waals surface area (Å²) in [6, 6.07) is 3.58. The van der Waals surface area contributed by atoms with Gasteiger partial charge in [-0.1, -0.05) is 0 Å². The molecule has 0 heterocycles. The van der Waals surface area contributed by atoms with E-state index in [1.54, 1.807) is 0 Å². The second kappa shape index (κ2) is 6.12. The Balaban J connectivity index is 3.11. The number of hydrogen-bond acceptors (Lipinski definition) is 6. The van der Waals surface area contributed by atoms with E-state index in [4.69, 9.17) is 10.5 Å². The molecule has 19 heavy (non-hydrogen) atoms. The van der Waals surface area contributed by atoms with Crippen molar-refractivity contribution in [1.29, 1.82) is 0 Å². The fourth-order valence-electron chi connectivity index (χ4n) is 1.59. The summed E-state index contributed by atoms with van der Waals surface area (Å²) in [7, 11) is 1.32. The number of amides is 1. The molecule has 0 aromatic heterocycles. The lowest BCUT2D eigenvalue weighted by Crippen LogP contribution is -2.26. The Morgan fingerprint density at radius 3 is 2.63 bits per heavy atom. The van der Waals surface area contributed by atoms with Gasteiger partial charge in [0.15, 0.2) is 0 Å². The number of nitrogens with two attached hydrogens (primary N) is 1. The molecule has 0 fully saturated rings. The van der Waals surface area contributed by atoms with Crippen LogP contribution in [-0.2, 0) is 4.79 Å². The average Bonchev–Trinajstić information content (AvgIpc) is 2.36. The van der Waals surface area contributed by atoms with Gasteiger partial charge in [0.25, 0.3) is 5.69 Å². The van der Waals surface area contributed by atoms with Crippen LogP contribution in [0.2, 0.25) is 0 Å². The number of primary amides is 1. The summed E-state index contributed by atoms with van der Waals surface area (Å²) >= 11 is 0. The number of aliphatic hydroxyl groups excluding tert-OH is 2. The minimum atomic E-state index is -1.51. The van der Waals surface area contributed by atoms with E-state index in [1.807, 2.05) is 0 Å². The summed E-state index contributed by atoms with van der Waals surface area (Å²) in [6.07, 6.45) is -3.44. The monoisotopic (exact) mass is 270 g/mol. The number of aliphatic hydroxyl groups is 2. The summed E-state index contributed by atoms with van der Waals surface area (Å²) < 4.78 is 4.95. The lowest BCUT2D eigenvalue weighted by Gasteiger charge is -2.19. The van der Waals surface area contributed by atoms with Crippen LogP contribution in [0, 0.1) is 10.1 Å². The summed E-state index contributed by atoms with van der Waals surface area (Å²) in [5, 5.41) is 30.2. The Labute approximate surface area is 108 Å². The minimum Gasteiger partial charge on any atom is -0.496 e. The summed E-state index contributed by atoms with van der Waals surface area (Å²) in [5.74, 6) is -0.627. The van der Waals surface area contributed by atoms with Crippen molar-refractivity contribution in [3.63, 3.8) is 0 Å². The van der Waals surface area contributed by atoms with Crippen molar-refractivity contribution in [3.05, 3.63) is 33.9 Å². The molecule has 1 aromatic rings. The maximum Gasteiger partial charge on any atom is 0.270 e. The lowest BCUT2D eigenvalue weighted by molar-refractivity contribution is -0.385. The topological polar surface area (TPSA) is 136 Å². The van der Waals surface area contributed by atoms with E-state index in [2.05, 4.69) is 0 Å². The van der Waals surface area contributed by atoms with Gasteiger partial charge in [0.1, 0.15) is 11.9 Å². The van der Waals surface area contributed by atoms with Crippen LogP contribution >= 0.6 is 0 Å². The number of methoxy groups -OCH3 is 1. The maximum atomic E-state index is 10.7. The van der Waals surface area contributed by atoms with E-state index < -0.39 is 29.5 Å². The predicted octanol–water partition coefficient (Wildman–Crippen LogP) is -0.127. The Morgan fingerprint density at radius 2 is 2.16 bits per heavy atom. The number of benzene rings is 1. The quantitative estimate of drug-likeness (QED) is 0.486. The Morgan fingerprint density at radius 1 is 1.53 bits per heavy atom. The molecule has 1 aromatic carbocycles. The van der Waals surface area contributed by atoms with E-state index in [1.165, 1.54) is 19.2 Å². The van der Waals surface area contributed by atoms with Gasteiger partial charge in [-0.3, -0.25) is 14.9 Å². The van der Waals surface area contributed by atoms with Gasteiger partial charge in [0.2, 0.25) is 5.91 Å². The van der Waals surface area contributed by atoms with Gasteiger partial charge in [-0.2, -0.15) is 0 Å². The highest BCUT2D eigenvalue weighted by atomic mass is 16.6. The molecule has 0 aliphatic carbocycles. The number of non-ortho nitro benzene ring substituents is 1. The molecular formula is C11H14N2O6. The van der Waals surface area contributed by atoms with Crippen LogP contribution in [0.5, 0.6) is 5.75 Å². The molecule has 8 heteroatoms. The van der Waals surface area contributed by atoms with Crippen LogP contribution < -0.4 is 10.5 Å². The summed E-state index contributed by atoms with van der Waals surface area (Å²) in [5.41, 5.74) is 4.66. The van der Waals surface area contributed by atoms with E-state index in [-0.39, 0.29) is 17.0 Å². The number of carbonyl (C=O) groups is 1. The first-order valence-corrected chi connectivity index (χ1v) is 5.33. The minimum absolute atomic E-state index is 0.0189. The third-order valence-electron chi connectivity index (χ3n) is 2.52. The first-order valence-electron chi connectivity index (χ1n) is 5.33. The number of rotatable bonds is 6. The first kappa shape index (κ1) is 14.9. The number of ether oxygens (including phenoxy) is 1. The molecule has 0 bridgehead atoms. The molecule has 0 saturated carbocycles. The molecule has 0 radical (unpaired) electrons. The zero-order chi connectivity index (χ0) is 14.6. The molecule has 0 aliphatic rings. The Bertz CT molecular complexity index is 490. The maximum absolute atomic E-state index is 10.7. The average molecular weight is 270 g/mol. The van der Waals surface area contributed by atoms with Crippen LogP contribution in [-0.4, -0.2) is 34.3 Å². The third-order valence-corrected chi connectivity index (χ3v) is 2.52. The lowest BCUT2D eigenvalue weighted by atomic mass is 10.0. The SMILES string of the molecule is COc1ccc([N+](=O)[O-])cc1C(O)C(O)CC(N)=O. The molecule has 2 unspecified atom stereocenters. The van der Waals surface area contributed by atoms with Crippen molar-refractivity contribution in [3.8, 4) is 5.75 Å². The summed E-state index contributed by atoms with van der Waals surface area (Å²) in [4.78, 5) is 20.7. The van der Waals surface area contributed by atoms with Gasteiger partial charge >= 0.3 is 0 Å². The van der Waals surface area contributed by atoms with Gasteiger partial charge in [-0.05, 0) is 6.07 Å². The second-order valence-electron chi connectivity index (χ2n) is 3.87. The van der Waals surface area contributed by atoms with Crippen LogP contribution in [0.25, 0.3) is 0 Å². The van der Waals surface area contributed by atoms with Crippen LogP contribution in [0.3, 0.4) is 0 Å². The molecule has 0 aliphatic heterocycles.